The minimum Gasteiger partial charge on any atom is -0.400 e. The normalized spacial score (nSPS) is 19.4. The van der Waals surface area contributed by atoms with Gasteiger partial charge in [0, 0.05) is 19.7 Å². The molecule has 1 saturated heterocycles. The highest BCUT2D eigenvalue weighted by atomic mass is 16.7. The van der Waals surface area contributed by atoms with Crippen LogP contribution in [0.4, 0.5) is 0 Å². The number of imidazole rings is 1. The van der Waals surface area contributed by atoms with Gasteiger partial charge >= 0.3 is 7.12 Å². The van der Waals surface area contributed by atoms with Crippen molar-refractivity contribution in [3.8, 4) is 0 Å². The van der Waals surface area contributed by atoms with Gasteiger partial charge in [0.2, 0.25) is 5.91 Å². The monoisotopic (exact) mass is 342 g/mol. The molecular weight excluding hydrogens is 319 g/mol. The Hall–Kier alpha value is -2.19. The first-order valence-corrected chi connectivity index (χ1v) is 8.29. The summed E-state index contributed by atoms with van der Waals surface area (Å²) in [6.45, 7) is 9.80. The minimum absolute atomic E-state index is 0.112. The van der Waals surface area contributed by atoms with Crippen molar-refractivity contribution >= 4 is 24.7 Å². The Bertz CT molecular complexity index is 812. The van der Waals surface area contributed by atoms with Crippen molar-refractivity contribution in [2.75, 3.05) is 6.54 Å². The molecule has 1 aliphatic rings. The molecule has 0 unspecified atom stereocenters. The van der Waals surface area contributed by atoms with Gasteiger partial charge in [0.1, 0.15) is 0 Å². The quantitative estimate of drug-likeness (QED) is 0.859. The first-order valence-electron chi connectivity index (χ1n) is 8.29. The van der Waals surface area contributed by atoms with Crippen LogP contribution in [-0.2, 0) is 14.1 Å². The molecule has 2 aromatic heterocycles. The number of aromatic nitrogens is 3. The fourth-order valence-corrected chi connectivity index (χ4v) is 2.56. The number of fused-ring (bicyclic) bond motifs is 1. The molecule has 0 radical (unpaired) electrons. The third-order valence-corrected chi connectivity index (χ3v) is 4.73. The van der Waals surface area contributed by atoms with E-state index in [4.69, 9.17) is 9.31 Å². The van der Waals surface area contributed by atoms with Crippen LogP contribution in [0, 0.1) is 0 Å². The molecule has 1 fully saturated rings. The lowest BCUT2D eigenvalue weighted by Crippen LogP contribution is -2.41. The number of carbonyl (C=O) groups excluding carboxylic acids is 1. The predicted octanol–water partition coefficient (Wildman–Crippen LogP) is 1.88. The number of amides is 1. The van der Waals surface area contributed by atoms with Crippen LogP contribution in [0.3, 0.4) is 0 Å². The number of hydrogen-bond acceptors (Lipinski definition) is 5. The van der Waals surface area contributed by atoms with Crippen LogP contribution in [0.2, 0.25) is 0 Å². The van der Waals surface area contributed by atoms with Crippen molar-refractivity contribution in [3.05, 3.63) is 35.7 Å². The van der Waals surface area contributed by atoms with E-state index in [0.29, 0.717) is 6.54 Å². The van der Waals surface area contributed by atoms with Gasteiger partial charge in [-0.2, -0.15) is 5.10 Å². The largest absolute Gasteiger partial charge is 0.492 e. The summed E-state index contributed by atoms with van der Waals surface area (Å²) in [7, 11) is -0.550. The second kappa shape index (κ2) is 6.27. The summed E-state index contributed by atoms with van der Waals surface area (Å²) >= 11 is 0. The van der Waals surface area contributed by atoms with Gasteiger partial charge in [-0.25, -0.2) is 9.50 Å². The number of nitrogens with one attached hydrogen (secondary N) is 1. The molecule has 0 aliphatic carbocycles. The molecule has 2 aromatic rings. The highest BCUT2D eigenvalue weighted by molar-refractivity contribution is 6.56. The van der Waals surface area contributed by atoms with Crippen LogP contribution in [0.5, 0.6) is 0 Å². The summed E-state index contributed by atoms with van der Waals surface area (Å²) in [4.78, 5) is 15.7. The van der Waals surface area contributed by atoms with Crippen LogP contribution in [-0.4, -0.2) is 45.4 Å². The van der Waals surface area contributed by atoms with Crippen molar-refractivity contribution in [2.45, 2.75) is 45.8 Å². The highest BCUT2D eigenvalue weighted by Gasteiger charge is 2.52. The molecule has 7 nitrogen and oxygen atoms in total. The fraction of sp³-hybridized carbons (Fsp3) is 0.471. The molecule has 0 aromatic carbocycles. The number of hydrogen-bond donors (Lipinski definition) is 1. The topological polar surface area (TPSA) is 77.8 Å². The van der Waals surface area contributed by atoms with E-state index in [1.165, 1.54) is 6.92 Å². The fourth-order valence-electron chi connectivity index (χ4n) is 2.56. The summed E-state index contributed by atoms with van der Waals surface area (Å²) in [6.07, 6.45) is 5.35. The Balaban J connectivity index is 1.96. The van der Waals surface area contributed by atoms with Crippen LogP contribution in [0.15, 0.2) is 30.0 Å². The minimum atomic E-state index is -0.550. The maximum absolute atomic E-state index is 11.4. The van der Waals surface area contributed by atoms with Crippen molar-refractivity contribution in [3.63, 3.8) is 0 Å². The second-order valence-corrected chi connectivity index (χ2v) is 7.19. The summed E-state index contributed by atoms with van der Waals surface area (Å²) in [6, 6.07) is 3.72. The lowest BCUT2D eigenvalue weighted by Gasteiger charge is -2.32. The molecule has 25 heavy (non-hydrogen) atoms. The van der Waals surface area contributed by atoms with Crippen LogP contribution in [0.25, 0.3) is 11.7 Å². The Kier molecular flexibility index (Phi) is 4.42. The Morgan fingerprint density at radius 1 is 1.32 bits per heavy atom. The number of nitrogens with zero attached hydrogens (tertiary/aromatic N) is 3. The lowest BCUT2D eigenvalue weighted by atomic mass is 9.77. The van der Waals surface area contributed by atoms with Gasteiger partial charge in [-0.05, 0) is 51.4 Å². The Morgan fingerprint density at radius 2 is 2.00 bits per heavy atom. The van der Waals surface area contributed by atoms with E-state index in [1.807, 2.05) is 45.9 Å². The average molecular weight is 342 g/mol. The number of carbonyl (C=O) groups is 1. The molecule has 3 heterocycles. The van der Waals surface area contributed by atoms with Gasteiger partial charge < -0.3 is 14.6 Å². The van der Waals surface area contributed by atoms with E-state index >= 15 is 0 Å². The van der Waals surface area contributed by atoms with Gasteiger partial charge in [0.05, 0.1) is 23.1 Å². The van der Waals surface area contributed by atoms with E-state index in [1.54, 1.807) is 16.9 Å². The molecule has 1 aliphatic heterocycles. The van der Waals surface area contributed by atoms with Crippen molar-refractivity contribution in [2.24, 2.45) is 0 Å². The zero-order chi connectivity index (χ0) is 18.2. The summed E-state index contributed by atoms with van der Waals surface area (Å²) in [5, 5.41) is 7.13. The first-order chi connectivity index (χ1) is 11.7. The van der Waals surface area contributed by atoms with Gasteiger partial charge in [0.15, 0.2) is 5.65 Å². The van der Waals surface area contributed by atoms with Gasteiger partial charge in [0.25, 0.3) is 0 Å². The smallest absolute Gasteiger partial charge is 0.400 e. The summed E-state index contributed by atoms with van der Waals surface area (Å²) in [5.74, 6) is -0.112. The van der Waals surface area contributed by atoms with Gasteiger partial charge in [-0.3, -0.25) is 4.79 Å². The van der Waals surface area contributed by atoms with E-state index in [0.717, 1.165) is 16.8 Å². The average Bonchev–Trinajstić information content (AvgIpc) is 3.02. The lowest BCUT2D eigenvalue weighted by molar-refractivity contribution is -0.118. The van der Waals surface area contributed by atoms with Crippen molar-refractivity contribution in [1.82, 2.24) is 19.9 Å². The molecule has 3 rings (SSSR count). The van der Waals surface area contributed by atoms with Crippen molar-refractivity contribution in [1.29, 1.82) is 0 Å². The maximum atomic E-state index is 11.4. The molecule has 0 saturated carbocycles. The Morgan fingerprint density at radius 3 is 2.64 bits per heavy atom. The van der Waals surface area contributed by atoms with Crippen LogP contribution in [0.1, 0.15) is 40.3 Å². The van der Waals surface area contributed by atoms with E-state index < -0.39 is 18.3 Å². The summed E-state index contributed by atoms with van der Waals surface area (Å²) < 4.78 is 14.0. The molecule has 1 amide bonds. The molecule has 8 heteroatoms. The standard InChI is InChI=1S/C17H23BN4O3/c1-12(23)19-10-13(18-24-16(2,3)17(4,5)25-18)9-14-11-20-15-7-6-8-21-22(14)15/h6-9,11H,10H2,1-5H3,(H,19,23). The first kappa shape index (κ1) is 17.6. The van der Waals surface area contributed by atoms with Crippen LogP contribution < -0.4 is 5.32 Å². The molecule has 1 N–H and O–H groups in total. The van der Waals surface area contributed by atoms with E-state index in [2.05, 4.69) is 15.4 Å². The molecule has 132 valence electrons. The van der Waals surface area contributed by atoms with Crippen LogP contribution >= 0.6 is 0 Å². The SMILES string of the molecule is CC(=O)NCC(=Cc1cnc2cccnn12)B1OC(C)(C)C(C)(C)O1. The zero-order valence-corrected chi connectivity index (χ0v) is 15.2. The third-order valence-electron chi connectivity index (χ3n) is 4.73. The van der Waals surface area contributed by atoms with Crippen molar-refractivity contribution < 1.29 is 14.1 Å². The molecular formula is C17H23BN4O3. The van der Waals surface area contributed by atoms with Gasteiger partial charge in [-0.15, -0.1) is 0 Å². The highest BCUT2D eigenvalue weighted by Crippen LogP contribution is 2.38. The maximum Gasteiger partial charge on any atom is 0.492 e. The van der Waals surface area contributed by atoms with E-state index in [9.17, 15) is 4.79 Å². The second-order valence-electron chi connectivity index (χ2n) is 7.19. The Labute approximate surface area is 147 Å². The van der Waals surface area contributed by atoms with Gasteiger partial charge in [-0.1, -0.05) is 0 Å². The molecule has 0 spiro atoms. The predicted molar refractivity (Wildman–Crippen MR) is 95.7 cm³/mol. The molecule has 0 bridgehead atoms. The third kappa shape index (κ3) is 3.45. The zero-order valence-electron chi connectivity index (χ0n) is 15.2. The van der Waals surface area contributed by atoms with E-state index in [-0.39, 0.29) is 5.91 Å². The summed E-state index contributed by atoms with van der Waals surface area (Å²) in [5.41, 5.74) is 1.45. The number of rotatable bonds is 4. The molecule has 0 atom stereocenters.